The molecule has 132 valence electrons. The maximum Gasteiger partial charge on any atom is 0.322 e. The van der Waals surface area contributed by atoms with E-state index in [9.17, 15) is 14.0 Å². The Bertz CT molecular complexity index is 893. The zero-order valence-corrected chi connectivity index (χ0v) is 14.3. The van der Waals surface area contributed by atoms with Crippen LogP contribution in [0.15, 0.2) is 65.9 Å². The average Bonchev–Trinajstić information content (AvgIpc) is 2.98. The van der Waals surface area contributed by atoms with E-state index in [2.05, 4.69) is 5.32 Å². The molecule has 2 heterocycles. The highest BCUT2D eigenvalue weighted by Crippen LogP contribution is 2.36. The number of hydrogen-bond donors (Lipinski definition) is 1. The highest BCUT2D eigenvalue weighted by Gasteiger charge is 2.42. The number of urea groups is 1. The van der Waals surface area contributed by atoms with E-state index in [1.165, 1.54) is 17.0 Å². The van der Waals surface area contributed by atoms with Crippen LogP contribution in [0.4, 0.5) is 9.18 Å². The highest BCUT2D eigenvalue weighted by atomic mass is 19.1. The van der Waals surface area contributed by atoms with E-state index in [0.29, 0.717) is 18.7 Å². The summed E-state index contributed by atoms with van der Waals surface area (Å²) in [4.78, 5) is 28.6. The van der Waals surface area contributed by atoms with Gasteiger partial charge in [-0.25, -0.2) is 9.18 Å². The fourth-order valence-corrected chi connectivity index (χ4v) is 3.46. The van der Waals surface area contributed by atoms with Crippen LogP contribution in [0, 0.1) is 5.82 Å². The first kappa shape index (κ1) is 16.3. The van der Waals surface area contributed by atoms with Crippen molar-refractivity contribution in [1.29, 1.82) is 0 Å². The lowest BCUT2D eigenvalue weighted by atomic mass is 9.96. The van der Waals surface area contributed by atoms with Gasteiger partial charge >= 0.3 is 6.03 Å². The summed E-state index contributed by atoms with van der Waals surface area (Å²) in [6.07, 6.45) is 0. The van der Waals surface area contributed by atoms with Gasteiger partial charge in [-0.1, -0.05) is 42.5 Å². The van der Waals surface area contributed by atoms with Crippen LogP contribution >= 0.6 is 0 Å². The van der Waals surface area contributed by atoms with E-state index in [-0.39, 0.29) is 17.8 Å². The van der Waals surface area contributed by atoms with Crippen LogP contribution < -0.4 is 5.32 Å². The van der Waals surface area contributed by atoms with Gasteiger partial charge in [0.25, 0.3) is 5.91 Å². The van der Waals surface area contributed by atoms with Crippen LogP contribution in [0.3, 0.4) is 0 Å². The SMILES string of the molecule is CN1C(=O)NC(c2ccccc2)C2=C1CN(Cc1ccc(F)cc1)C2=O. The number of halogens is 1. The highest BCUT2D eigenvalue weighted by molar-refractivity contribution is 6.01. The molecule has 3 amide bonds. The minimum absolute atomic E-state index is 0.106. The van der Waals surface area contributed by atoms with Gasteiger partial charge in [0.05, 0.1) is 23.9 Å². The van der Waals surface area contributed by atoms with Crippen molar-refractivity contribution in [3.8, 4) is 0 Å². The van der Waals surface area contributed by atoms with Gasteiger partial charge in [0, 0.05) is 13.6 Å². The number of nitrogens with zero attached hydrogens (tertiary/aromatic N) is 2. The standard InChI is InChI=1S/C20H18FN3O2/c1-23-16-12-24(11-13-7-9-15(21)10-8-13)19(25)17(16)18(22-20(23)26)14-5-3-2-4-6-14/h2-10,18H,11-12H2,1H3,(H,22,26). The van der Waals surface area contributed by atoms with E-state index in [1.807, 2.05) is 30.3 Å². The largest absolute Gasteiger partial charge is 0.329 e. The number of amides is 3. The van der Waals surface area contributed by atoms with Crippen molar-refractivity contribution in [3.05, 3.63) is 82.8 Å². The Hall–Kier alpha value is -3.15. The van der Waals surface area contributed by atoms with Gasteiger partial charge in [-0.3, -0.25) is 9.69 Å². The van der Waals surface area contributed by atoms with Gasteiger partial charge in [-0.2, -0.15) is 0 Å². The lowest BCUT2D eigenvalue weighted by molar-refractivity contribution is -0.126. The minimum atomic E-state index is -0.458. The van der Waals surface area contributed by atoms with Crippen molar-refractivity contribution in [2.24, 2.45) is 0 Å². The van der Waals surface area contributed by atoms with Crippen molar-refractivity contribution in [2.45, 2.75) is 12.6 Å². The van der Waals surface area contributed by atoms with Crippen LogP contribution in [0.2, 0.25) is 0 Å². The van der Waals surface area contributed by atoms with Crippen LogP contribution in [0.1, 0.15) is 17.2 Å². The van der Waals surface area contributed by atoms with Gasteiger partial charge in [0.1, 0.15) is 5.82 Å². The van der Waals surface area contributed by atoms with Gasteiger partial charge in [-0.15, -0.1) is 0 Å². The number of carbonyl (C=O) groups is 2. The first-order valence-corrected chi connectivity index (χ1v) is 8.40. The molecule has 6 heteroatoms. The molecule has 2 aliphatic heterocycles. The number of carbonyl (C=O) groups excluding carboxylic acids is 2. The van der Waals surface area contributed by atoms with E-state index >= 15 is 0 Å². The summed E-state index contributed by atoms with van der Waals surface area (Å²) in [6, 6.07) is 14.9. The van der Waals surface area contributed by atoms with E-state index in [0.717, 1.165) is 16.8 Å². The molecular weight excluding hydrogens is 333 g/mol. The lowest BCUT2D eigenvalue weighted by Gasteiger charge is -2.31. The number of benzene rings is 2. The molecule has 0 fully saturated rings. The molecule has 1 unspecified atom stereocenters. The van der Waals surface area contributed by atoms with E-state index in [4.69, 9.17) is 0 Å². The second-order valence-electron chi connectivity index (χ2n) is 6.50. The second-order valence-corrected chi connectivity index (χ2v) is 6.50. The Morgan fingerprint density at radius 2 is 1.77 bits per heavy atom. The minimum Gasteiger partial charge on any atom is -0.329 e. The molecule has 0 radical (unpaired) electrons. The molecule has 2 aromatic rings. The summed E-state index contributed by atoms with van der Waals surface area (Å²) in [5.74, 6) is -0.414. The topological polar surface area (TPSA) is 52.7 Å². The molecule has 0 saturated heterocycles. The fourth-order valence-electron chi connectivity index (χ4n) is 3.46. The third kappa shape index (κ3) is 2.73. The quantitative estimate of drug-likeness (QED) is 0.925. The van der Waals surface area contributed by atoms with Gasteiger partial charge in [0.2, 0.25) is 0 Å². The van der Waals surface area contributed by atoms with Gasteiger partial charge in [0.15, 0.2) is 0 Å². The molecular formula is C20H18FN3O2. The summed E-state index contributed by atoms with van der Waals surface area (Å²) in [7, 11) is 1.67. The van der Waals surface area contributed by atoms with Crippen LogP contribution in [-0.2, 0) is 11.3 Å². The zero-order valence-electron chi connectivity index (χ0n) is 14.3. The molecule has 0 aliphatic carbocycles. The Morgan fingerprint density at radius 1 is 1.08 bits per heavy atom. The maximum absolute atomic E-state index is 13.1. The first-order chi connectivity index (χ1) is 12.5. The van der Waals surface area contributed by atoms with Crippen molar-refractivity contribution in [1.82, 2.24) is 15.1 Å². The fraction of sp³-hybridized carbons (Fsp3) is 0.200. The summed E-state index contributed by atoms with van der Waals surface area (Å²) >= 11 is 0. The molecule has 0 spiro atoms. The number of nitrogens with one attached hydrogen (secondary N) is 1. The normalized spacial score (nSPS) is 19.7. The molecule has 1 atom stereocenters. The summed E-state index contributed by atoms with van der Waals surface area (Å²) in [6.45, 7) is 0.731. The van der Waals surface area contributed by atoms with Crippen LogP contribution in [0.5, 0.6) is 0 Å². The molecule has 0 saturated carbocycles. The second kappa shape index (κ2) is 6.29. The Kier molecular flexibility index (Phi) is 3.95. The Balaban J connectivity index is 1.65. The van der Waals surface area contributed by atoms with Crippen molar-refractivity contribution in [3.63, 3.8) is 0 Å². The molecule has 0 bridgehead atoms. The van der Waals surface area contributed by atoms with Crippen LogP contribution in [0.25, 0.3) is 0 Å². The first-order valence-electron chi connectivity index (χ1n) is 8.40. The van der Waals surface area contributed by atoms with E-state index in [1.54, 1.807) is 24.1 Å². The molecule has 5 nitrogen and oxygen atoms in total. The van der Waals surface area contributed by atoms with E-state index < -0.39 is 6.04 Å². The van der Waals surface area contributed by atoms with Gasteiger partial charge < -0.3 is 10.2 Å². The number of hydrogen-bond acceptors (Lipinski definition) is 2. The predicted octanol–water partition coefficient (Wildman–Crippen LogP) is 2.82. The summed E-state index contributed by atoms with van der Waals surface area (Å²) < 4.78 is 13.1. The molecule has 26 heavy (non-hydrogen) atoms. The third-order valence-electron chi connectivity index (χ3n) is 4.85. The Labute approximate surface area is 150 Å². The molecule has 1 N–H and O–H groups in total. The zero-order chi connectivity index (χ0) is 18.3. The van der Waals surface area contributed by atoms with Crippen LogP contribution in [-0.4, -0.2) is 35.3 Å². The predicted molar refractivity (Wildman–Crippen MR) is 94.3 cm³/mol. The molecule has 4 rings (SSSR count). The van der Waals surface area contributed by atoms with Gasteiger partial charge in [-0.05, 0) is 23.3 Å². The average molecular weight is 351 g/mol. The maximum atomic E-state index is 13.1. The smallest absolute Gasteiger partial charge is 0.322 e. The molecule has 2 aromatic carbocycles. The van der Waals surface area contributed by atoms with Crippen molar-refractivity contribution >= 4 is 11.9 Å². The lowest BCUT2D eigenvalue weighted by Crippen LogP contribution is -2.45. The molecule has 0 aromatic heterocycles. The number of likely N-dealkylation sites (N-methyl/N-ethyl adjacent to an activating group) is 1. The summed E-state index contributed by atoms with van der Waals surface area (Å²) in [5.41, 5.74) is 3.03. The number of rotatable bonds is 3. The summed E-state index contributed by atoms with van der Waals surface area (Å²) in [5, 5.41) is 2.91. The molecule has 2 aliphatic rings. The third-order valence-corrected chi connectivity index (χ3v) is 4.85. The monoisotopic (exact) mass is 351 g/mol. The van der Waals surface area contributed by atoms with Crippen molar-refractivity contribution < 1.29 is 14.0 Å². The Morgan fingerprint density at radius 3 is 2.46 bits per heavy atom. The van der Waals surface area contributed by atoms with Crippen molar-refractivity contribution in [2.75, 3.05) is 13.6 Å².